The third kappa shape index (κ3) is 2.67. The van der Waals surface area contributed by atoms with Gasteiger partial charge in [-0.3, -0.25) is 0 Å². The molecule has 0 saturated carbocycles. The summed E-state index contributed by atoms with van der Waals surface area (Å²) in [5.74, 6) is 1.04. The van der Waals surface area contributed by atoms with Crippen LogP contribution in [0.5, 0.6) is 0 Å². The van der Waals surface area contributed by atoms with Crippen LogP contribution in [-0.2, 0) is 6.42 Å². The molecule has 2 heterocycles. The molecule has 98 valence electrons. The van der Waals surface area contributed by atoms with E-state index < -0.39 is 0 Å². The molecule has 0 aliphatic heterocycles. The first kappa shape index (κ1) is 12.6. The first-order valence-electron chi connectivity index (χ1n) is 6.06. The molecule has 7 heteroatoms. The van der Waals surface area contributed by atoms with Crippen molar-refractivity contribution in [1.29, 1.82) is 0 Å². The smallest absolute Gasteiger partial charge is 0.266 e. The van der Waals surface area contributed by atoms with Crippen LogP contribution in [0.2, 0.25) is 0 Å². The minimum absolute atomic E-state index is 0.317. The van der Waals surface area contributed by atoms with E-state index in [4.69, 9.17) is 10.3 Å². The lowest BCUT2D eigenvalue weighted by Crippen LogP contribution is -2.23. The number of aromatic amines is 1. The molecule has 0 fully saturated rings. The summed E-state index contributed by atoms with van der Waals surface area (Å²) in [5.41, 5.74) is 6.97. The molecule has 7 nitrogen and oxygen atoms in total. The average molecular weight is 250 g/mol. The lowest BCUT2D eigenvalue weighted by Gasteiger charge is -2.14. The number of hydrogen-bond donors (Lipinski definition) is 2. The van der Waals surface area contributed by atoms with Crippen LogP contribution in [0.1, 0.15) is 31.5 Å². The van der Waals surface area contributed by atoms with Gasteiger partial charge in [-0.1, -0.05) is 0 Å². The molecule has 2 aromatic rings. The topological polar surface area (TPSA) is 96.9 Å². The highest BCUT2D eigenvalue weighted by molar-refractivity contribution is 5.27. The zero-order chi connectivity index (χ0) is 13.0. The van der Waals surface area contributed by atoms with Gasteiger partial charge < -0.3 is 20.1 Å². The summed E-state index contributed by atoms with van der Waals surface area (Å²) in [6.45, 7) is 5.77. The summed E-state index contributed by atoms with van der Waals surface area (Å²) in [4.78, 5) is 13.3. The highest BCUT2D eigenvalue weighted by atomic mass is 16.5. The van der Waals surface area contributed by atoms with E-state index in [1.54, 1.807) is 12.5 Å². The maximum Gasteiger partial charge on any atom is 0.266 e. The summed E-state index contributed by atoms with van der Waals surface area (Å²) in [6, 6.07) is -0.317. The zero-order valence-corrected chi connectivity index (χ0v) is 10.6. The van der Waals surface area contributed by atoms with Gasteiger partial charge in [-0.05, 0) is 19.0 Å². The Morgan fingerprint density at radius 3 is 2.83 bits per heavy atom. The minimum atomic E-state index is -0.317. The predicted octanol–water partition coefficient (Wildman–Crippen LogP) is 0.881. The molecule has 0 radical (unpaired) electrons. The van der Waals surface area contributed by atoms with E-state index in [1.165, 1.54) is 0 Å². The van der Waals surface area contributed by atoms with Gasteiger partial charge in [-0.25, -0.2) is 4.98 Å². The van der Waals surface area contributed by atoms with Crippen molar-refractivity contribution < 1.29 is 4.52 Å². The number of aromatic nitrogens is 4. The Balaban J connectivity index is 2.05. The fraction of sp³-hybridized carbons (Fsp3) is 0.545. The van der Waals surface area contributed by atoms with Crippen molar-refractivity contribution in [2.75, 3.05) is 18.0 Å². The molecule has 0 aliphatic carbocycles. The molecule has 0 saturated heterocycles. The molecule has 1 atom stereocenters. The normalized spacial score (nSPS) is 12.6. The van der Waals surface area contributed by atoms with Crippen LogP contribution >= 0.6 is 0 Å². The number of imidazole rings is 1. The van der Waals surface area contributed by atoms with E-state index in [2.05, 4.69) is 20.1 Å². The highest BCUT2D eigenvalue weighted by Crippen LogP contribution is 2.16. The largest absolute Gasteiger partial charge is 0.348 e. The van der Waals surface area contributed by atoms with Crippen molar-refractivity contribution in [3.05, 3.63) is 24.1 Å². The Hall–Kier alpha value is -1.89. The van der Waals surface area contributed by atoms with Crippen LogP contribution in [0.15, 0.2) is 17.0 Å². The molecule has 2 aromatic heterocycles. The molecule has 0 spiro atoms. The Kier molecular flexibility index (Phi) is 3.93. The second kappa shape index (κ2) is 5.63. The molecule has 0 aliphatic rings. The first-order valence-corrected chi connectivity index (χ1v) is 6.06. The zero-order valence-electron chi connectivity index (χ0n) is 10.6. The van der Waals surface area contributed by atoms with Gasteiger partial charge in [0.25, 0.3) is 5.95 Å². The summed E-state index contributed by atoms with van der Waals surface area (Å²) in [5, 5.41) is 3.94. The summed E-state index contributed by atoms with van der Waals surface area (Å²) in [7, 11) is 0. The SMILES string of the molecule is CCN(CC)c1noc(C(N)Cc2cnc[nH]2)n1. The van der Waals surface area contributed by atoms with Gasteiger partial charge in [-0.2, -0.15) is 4.98 Å². The van der Waals surface area contributed by atoms with Gasteiger partial charge in [0.2, 0.25) is 5.89 Å². The predicted molar refractivity (Wildman–Crippen MR) is 67.1 cm³/mol. The molecular weight excluding hydrogens is 232 g/mol. The van der Waals surface area contributed by atoms with Crippen LogP contribution in [0.25, 0.3) is 0 Å². The number of nitrogens with zero attached hydrogens (tertiary/aromatic N) is 4. The monoisotopic (exact) mass is 250 g/mol. The molecule has 18 heavy (non-hydrogen) atoms. The van der Waals surface area contributed by atoms with Gasteiger partial charge in [0.15, 0.2) is 0 Å². The van der Waals surface area contributed by atoms with Crippen molar-refractivity contribution in [1.82, 2.24) is 20.1 Å². The number of anilines is 1. The van der Waals surface area contributed by atoms with E-state index in [0.29, 0.717) is 18.3 Å². The molecule has 0 aromatic carbocycles. The van der Waals surface area contributed by atoms with Crippen LogP contribution in [0.4, 0.5) is 5.95 Å². The molecule has 0 amide bonds. The van der Waals surface area contributed by atoms with Gasteiger partial charge >= 0.3 is 0 Å². The maximum atomic E-state index is 6.02. The van der Waals surface area contributed by atoms with Crippen molar-refractivity contribution in [3.8, 4) is 0 Å². The van der Waals surface area contributed by atoms with Crippen molar-refractivity contribution >= 4 is 5.95 Å². The molecule has 0 bridgehead atoms. The quantitative estimate of drug-likeness (QED) is 0.790. The third-order valence-electron chi connectivity index (χ3n) is 2.79. The second-order valence-corrected chi connectivity index (χ2v) is 3.99. The second-order valence-electron chi connectivity index (χ2n) is 3.99. The van der Waals surface area contributed by atoms with E-state index >= 15 is 0 Å². The summed E-state index contributed by atoms with van der Waals surface area (Å²) < 4.78 is 5.20. The number of H-pyrrole nitrogens is 1. The number of nitrogens with one attached hydrogen (secondary N) is 1. The Morgan fingerprint density at radius 1 is 1.44 bits per heavy atom. The fourth-order valence-electron chi connectivity index (χ4n) is 1.73. The molecule has 1 unspecified atom stereocenters. The molecule has 3 N–H and O–H groups in total. The standard InChI is InChI=1S/C11H18N6O/c1-3-17(4-2)11-15-10(18-16-11)9(12)5-8-6-13-7-14-8/h6-7,9H,3-5,12H2,1-2H3,(H,13,14). The lowest BCUT2D eigenvalue weighted by molar-refractivity contribution is 0.353. The van der Waals surface area contributed by atoms with Crippen molar-refractivity contribution in [2.24, 2.45) is 5.73 Å². The van der Waals surface area contributed by atoms with Gasteiger partial charge in [-0.15, -0.1) is 0 Å². The Bertz CT molecular complexity index is 462. The molecule has 2 rings (SSSR count). The fourth-order valence-corrected chi connectivity index (χ4v) is 1.73. The Morgan fingerprint density at radius 2 is 2.22 bits per heavy atom. The van der Waals surface area contributed by atoms with Crippen LogP contribution in [-0.4, -0.2) is 33.2 Å². The third-order valence-corrected chi connectivity index (χ3v) is 2.79. The van der Waals surface area contributed by atoms with E-state index in [-0.39, 0.29) is 6.04 Å². The number of rotatable bonds is 6. The average Bonchev–Trinajstić information content (AvgIpc) is 3.01. The summed E-state index contributed by atoms with van der Waals surface area (Å²) in [6.07, 6.45) is 3.96. The van der Waals surface area contributed by atoms with Crippen molar-refractivity contribution in [2.45, 2.75) is 26.3 Å². The minimum Gasteiger partial charge on any atom is -0.348 e. The maximum absolute atomic E-state index is 6.02. The van der Waals surface area contributed by atoms with Crippen LogP contribution in [0.3, 0.4) is 0 Å². The Labute approximate surface area is 105 Å². The van der Waals surface area contributed by atoms with Gasteiger partial charge in [0.1, 0.15) is 0 Å². The van der Waals surface area contributed by atoms with E-state index in [9.17, 15) is 0 Å². The number of nitrogens with two attached hydrogens (primary N) is 1. The van der Waals surface area contributed by atoms with Gasteiger partial charge in [0, 0.05) is 31.4 Å². The van der Waals surface area contributed by atoms with E-state index in [1.807, 2.05) is 18.7 Å². The molecular formula is C11H18N6O. The van der Waals surface area contributed by atoms with E-state index in [0.717, 1.165) is 18.8 Å². The first-order chi connectivity index (χ1) is 8.74. The van der Waals surface area contributed by atoms with Crippen LogP contribution in [0, 0.1) is 0 Å². The summed E-state index contributed by atoms with van der Waals surface area (Å²) >= 11 is 0. The van der Waals surface area contributed by atoms with Gasteiger partial charge in [0.05, 0.1) is 12.4 Å². The van der Waals surface area contributed by atoms with Crippen LogP contribution < -0.4 is 10.6 Å². The highest BCUT2D eigenvalue weighted by Gasteiger charge is 2.17. The number of hydrogen-bond acceptors (Lipinski definition) is 6. The van der Waals surface area contributed by atoms with Crippen molar-refractivity contribution in [3.63, 3.8) is 0 Å². The lowest BCUT2D eigenvalue weighted by atomic mass is 10.2.